The van der Waals surface area contributed by atoms with E-state index in [2.05, 4.69) is 90.3 Å². The minimum absolute atomic E-state index is 0.347. The quantitative estimate of drug-likeness (QED) is 0.522. The van der Waals surface area contributed by atoms with Gasteiger partial charge in [-0.2, -0.15) is 5.26 Å². The Labute approximate surface area is 232 Å². The first-order chi connectivity index (χ1) is 18.9. The molecule has 1 aromatic heterocycles. The summed E-state index contributed by atoms with van der Waals surface area (Å²) in [6.07, 6.45) is 3.17. The maximum atomic E-state index is 10.5. The maximum absolute atomic E-state index is 10.5. The zero-order valence-corrected chi connectivity index (χ0v) is 23.7. The summed E-state index contributed by atoms with van der Waals surface area (Å²) in [5.74, 6) is 0.501. The summed E-state index contributed by atoms with van der Waals surface area (Å²) in [6, 6.07) is 16.7. The Morgan fingerprint density at radius 2 is 1.85 bits per heavy atom. The van der Waals surface area contributed by atoms with E-state index < -0.39 is 0 Å². The van der Waals surface area contributed by atoms with Crippen molar-refractivity contribution in [3.8, 4) is 11.9 Å². The minimum Gasteiger partial charge on any atom is -0.475 e. The number of ether oxygens (including phenoxy) is 1. The molecule has 6 rings (SSSR count). The van der Waals surface area contributed by atoms with Crippen molar-refractivity contribution < 1.29 is 4.74 Å². The third kappa shape index (κ3) is 4.92. The third-order valence-electron chi connectivity index (χ3n) is 8.79. The van der Waals surface area contributed by atoms with Crippen LogP contribution in [0.5, 0.6) is 5.88 Å². The topological polar surface area (TPSA) is 67.7 Å². The second kappa shape index (κ2) is 10.7. The van der Waals surface area contributed by atoms with Crippen LogP contribution in [0.25, 0.3) is 10.8 Å². The summed E-state index contributed by atoms with van der Waals surface area (Å²) >= 11 is 0. The van der Waals surface area contributed by atoms with Gasteiger partial charge in [0.25, 0.3) is 0 Å². The van der Waals surface area contributed by atoms with Crippen molar-refractivity contribution in [3.63, 3.8) is 0 Å². The number of aromatic nitrogens is 1. The van der Waals surface area contributed by atoms with E-state index in [9.17, 15) is 5.26 Å². The number of hydrogen-bond donors (Lipinski definition) is 1. The number of nitriles is 1. The van der Waals surface area contributed by atoms with E-state index in [-0.39, 0.29) is 0 Å². The van der Waals surface area contributed by atoms with Crippen molar-refractivity contribution in [2.75, 3.05) is 49.6 Å². The predicted molar refractivity (Wildman–Crippen MR) is 158 cm³/mol. The summed E-state index contributed by atoms with van der Waals surface area (Å²) in [5, 5.41) is 16.7. The van der Waals surface area contributed by atoms with Crippen LogP contribution in [0.1, 0.15) is 49.1 Å². The third-order valence-corrected chi connectivity index (χ3v) is 8.79. The lowest BCUT2D eigenvalue weighted by Gasteiger charge is -2.41. The van der Waals surface area contributed by atoms with Crippen molar-refractivity contribution >= 4 is 22.1 Å². The molecule has 39 heavy (non-hydrogen) atoms. The zero-order valence-electron chi connectivity index (χ0n) is 23.7. The van der Waals surface area contributed by atoms with Gasteiger partial charge in [0.1, 0.15) is 18.2 Å². The first-order valence-electron chi connectivity index (χ1n) is 14.5. The van der Waals surface area contributed by atoms with Crippen LogP contribution in [-0.2, 0) is 13.0 Å². The number of aryl methyl sites for hydroxylation is 1. The van der Waals surface area contributed by atoms with E-state index in [1.807, 2.05) is 0 Å². The van der Waals surface area contributed by atoms with Crippen molar-refractivity contribution in [1.82, 2.24) is 15.2 Å². The molecule has 7 heteroatoms. The standard InChI is InChI=1S/C32H40N6O/c1-21-8-5-9-24-10-6-12-29(30(21)24)37-15-13-26-28(19-37)35-32(39-20-25-11-7-14-36(25)4)27(16-33)31(26)38-17-22(2)34-23(3)18-38/h5-6,8-10,12,22-23,25,34H,7,11,13-15,17-20H2,1-4H3/t22-,23+,25-/m0/s1. The number of likely N-dealkylation sites (N-methyl/N-ethyl adjacent to an activating group) is 1. The lowest BCUT2D eigenvalue weighted by Crippen LogP contribution is -2.55. The van der Waals surface area contributed by atoms with Crippen molar-refractivity contribution in [2.24, 2.45) is 0 Å². The summed E-state index contributed by atoms with van der Waals surface area (Å²) < 4.78 is 6.43. The summed E-state index contributed by atoms with van der Waals surface area (Å²) in [7, 11) is 2.16. The number of pyridine rings is 1. The SMILES string of the molecule is Cc1cccc2cccc(N3CCc4c(nc(OC[C@@H]5CCCN5C)c(C#N)c4N4C[C@@H](C)N[C@@H](C)C4)C3)c12. The number of likely N-dealkylation sites (tertiary alicyclic amines) is 1. The molecule has 0 radical (unpaired) electrons. The molecule has 3 aromatic rings. The van der Waals surface area contributed by atoms with Crippen molar-refractivity contribution in [3.05, 3.63) is 58.8 Å². The molecule has 7 nitrogen and oxygen atoms in total. The molecule has 4 heterocycles. The summed E-state index contributed by atoms with van der Waals surface area (Å²) in [5.41, 5.74) is 6.44. The molecule has 0 bridgehead atoms. The Morgan fingerprint density at radius 1 is 1.08 bits per heavy atom. The van der Waals surface area contributed by atoms with E-state index in [0.29, 0.717) is 42.7 Å². The van der Waals surface area contributed by atoms with Gasteiger partial charge in [0, 0.05) is 54.4 Å². The molecule has 0 saturated carbocycles. The van der Waals surface area contributed by atoms with Crippen LogP contribution in [0.2, 0.25) is 0 Å². The van der Waals surface area contributed by atoms with Gasteiger partial charge >= 0.3 is 0 Å². The van der Waals surface area contributed by atoms with Gasteiger partial charge in [-0.1, -0.05) is 30.3 Å². The molecule has 1 N–H and O–H groups in total. The van der Waals surface area contributed by atoms with Crippen LogP contribution in [0, 0.1) is 18.3 Å². The molecule has 2 saturated heterocycles. The number of fused-ring (bicyclic) bond motifs is 2. The fourth-order valence-corrected chi connectivity index (χ4v) is 6.94. The fourth-order valence-electron chi connectivity index (χ4n) is 6.94. The predicted octanol–water partition coefficient (Wildman–Crippen LogP) is 4.64. The number of rotatable bonds is 5. The van der Waals surface area contributed by atoms with E-state index in [0.717, 1.165) is 50.4 Å². The highest BCUT2D eigenvalue weighted by atomic mass is 16.5. The van der Waals surface area contributed by atoms with Gasteiger partial charge in [-0.05, 0) is 70.6 Å². The Balaban J connectivity index is 1.41. The first-order valence-corrected chi connectivity index (χ1v) is 14.5. The molecule has 3 atom stereocenters. The number of benzene rings is 2. The summed E-state index contributed by atoms with van der Waals surface area (Å²) in [6.45, 7) is 11.6. The van der Waals surface area contributed by atoms with Crippen LogP contribution in [-0.4, -0.2) is 67.8 Å². The molecule has 0 spiro atoms. The van der Waals surface area contributed by atoms with E-state index in [1.165, 1.54) is 34.0 Å². The summed E-state index contributed by atoms with van der Waals surface area (Å²) in [4.78, 5) is 12.3. The number of hydrogen-bond acceptors (Lipinski definition) is 7. The second-order valence-electron chi connectivity index (χ2n) is 11.8. The van der Waals surface area contributed by atoms with Gasteiger partial charge in [-0.3, -0.25) is 0 Å². The largest absolute Gasteiger partial charge is 0.475 e. The molecule has 2 aromatic carbocycles. The molecule has 0 unspecified atom stereocenters. The lowest BCUT2D eigenvalue weighted by molar-refractivity contribution is 0.192. The molecule has 204 valence electrons. The Morgan fingerprint density at radius 3 is 2.56 bits per heavy atom. The Kier molecular flexibility index (Phi) is 7.09. The van der Waals surface area contributed by atoms with Gasteiger partial charge < -0.3 is 24.8 Å². The minimum atomic E-state index is 0.347. The molecular formula is C32H40N6O. The highest BCUT2D eigenvalue weighted by molar-refractivity contribution is 5.97. The average Bonchev–Trinajstić information content (AvgIpc) is 3.34. The Hall–Kier alpha value is -3.34. The number of anilines is 2. The van der Waals surface area contributed by atoms with Crippen LogP contribution in [0.15, 0.2) is 36.4 Å². The highest BCUT2D eigenvalue weighted by Crippen LogP contribution is 2.39. The normalized spacial score (nSPS) is 23.6. The number of piperazine rings is 1. The van der Waals surface area contributed by atoms with Crippen LogP contribution >= 0.6 is 0 Å². The monoisotopic (exact) mass is 524 g/mol. The molecule has 3 aliphatic heterocycles. The van der Waals surface area contributed by atoms with Crippen LogP contribution in [0.3, 0.4) is 0 Å². The highest BCUT2D eigenvalue weighted by Gasteiger charge is 2.33. The second-order valence-corrected chi connectivity index (χ2v) is 11.8. The van der Waals surface area contributed by atoms with Gasteiger partial charge in [0.05, 0.1) is 17.9 Å². The Bertz CT molecular complexity index is 1400. The smallest absolute Gasteiger partial charge is 0.234 e. The molecule has 0 aliphatic carbocycles. The average molecular weight is 525 g/mol. The van der Waals surface area contributed by atoms with Crippen molar-refractivity contribution in [2.45, 2.75) is 64.7 Å². The fraction of sp³-hybridized carbons (Fsp3) is 0.500. The van der Waals surface area contributed by atoms with Gasteiger partial charge in [-0.25, -0.2) is 4.98 Å². The maximum Gasteiger partial charge on any atom is 0.234 e. The van der Waals surface area contributed by atoms with Gasteiger partial charge in [0.15, 0.2) is 0 Å². The molecular weight excluding hydrogens is 484 g/mol. The molecule has 3 aliphatic rings. The lowest BCUT2D eigenvalue weighted by atomic mass is 9.96. The van der Waals surface area contributed by atoms with Gasteiger partial charge in [0.2, 0.25) is 5.88 Å². The molecule has 0 amide bonds. The molecule has 2 fully saturated rings. The van der Waals surface area contributed by atoms with E-state index in [4.69, 9.17) is 9.72 Å². The first kappa shape index (κ1) is 25.9. The zero-order chi connectivity index (χ0) is 27.1. The van der Waals surface area contributed by atoms with Crippen molar-refractivity contribution in [1.29, 1.82) is 5.26 Å². The van der Waals surface area contributed by atoms with Crippen LogP contribution < -0.4 is 19.9 Å². The number of nitrogens with zero attached hydrogens (tertiary/aromatic N) is 5. The van der Waals surface area contributed by atoms with E-state index in [1.54, 1.807) is 0 Å². The van der Waals surface area contributed by atoms with Gasteiger partial charge in [-0.15, -0.1) is 0 Å². The van der Waals surface area contributed by atoms with Crippen LogP contribution in [0.4, 0.5) is 11.4 Å². The van der Waals surface area contributed by atoms with E-state index >= 15 is 0 Å². The number of nitrogens with one attached hydrogen (secondary N) is 1.